The number of amides is 3. The molecule has 0 aromatic carbocycles. The molecule has 2 N–H and O–H groups in total. The lowest BCUT2D eigenvalue weighted by Gasteiger charge is -2.29. The van der Waals surface area contributed by atoms with E-state index >= 15 is 0 Å². The predicted octanol–water partition coefficient (Wildman–Crippen LogP) is 7.50. The summed E-state index contributed by atoms with van der Waals surface area (Å²) in [5, 5.41) is 5.38. The van der Waals surface area contributed by atoms with Crippen molar-refractivity contribution in [1.82, 2.24) is 20.4 Å². The highest BCUT2D eigenvalue weighted by Crippen LogP contribution is 2.14. The molecule has 0 unspecified atom stereocenters. The Morgan fingerprint density at radius 3 is 1.76 bits per heavy atom. The largest absolute Gasteiger partial charge is 0.352 e. The lowest BCUT2D eigenvalue weighted by atomic mass is 9.99. The van der Waals surface area contributed by atoms with Crippen molar-refractivity contribution >= 4 is 18.2 Å². The van der Waals surface area contributed by atoms with Gasteiger partial charge in [0.05, 0.1) is 12.6 Å². The molecule has 0 radical (unpaired) electrons. The van der Waals surface area contributed by atoms with Crippen LogP contribution >= 0.6 is 0 Å². The van der Waals surface area contributed by atoms with E-state index in [1.54, 1.807) is 18.9 Å². The second-order valence-electron chi connectivity index (χ2n) is 12.4. The van der Waals surface area contributed by atoms with Crippen molar-refractivity contribution in [2.75, 3.05) is 33.2 Å². The number of hydrogen-bond donors (Lipinski definition) is 2. The third kappa shape index (κ3) is 23.6. The molecule has 0 aromatic rings. The molecule has 1 rings (SSSR count). The molecular formula is C35H70N4O3. The topological polar surface area (TPSA) is 81.8 Å². The summed E-state index contributed by atoms with van der Waals surface area (Å²) < 4.78 is 0. The zero-order chi connectivity index (χ0) is 32.2. The average Bonchev–Trinajstić information content (AvgIpc) is 2.97. The predicted molar refractivity (Wildman–Crippen MR) is 181 cm³/mol. The van der Waals surface area contributed by atoms with E-state index in [4.69, 9.17) is 0 Å². The Kier molecular flexibility index (Phi) is 29.4. The Balaban J connectivity index is 0. The van der Waals surface area contributed by atoms with Gasteiger partial charge in [-0.05, 0) is 59.0 Å². The normalized spacial score (nSPS) is 14.3. The summed E-state index contributed by atoms with van der Waals surface area (Å²) in [4.78, 5) is 39.1. The van der Waals surface area contributed by atoms with Crippen LogP contribution in [0.4, 0.5) is 0 Å². The number of nitrogens with one attached hydrogen (secondary N) is 2. The average molecular weight is 595 g/mol. The molecule has 0 aromatic heterocycles. The first-order valence-electron chi connectivity index (χ1n) is 17.2. The van der Waals surface area contributed by atoms with E-state index in [1.165, 1.54) is 90.1 Å². The molecule has 1 heterocycles. The number of nitrogens with zero attached hydrogens (tertiary/aromatic N) is 2. The van der Waals surface area contributed by atoms with Crippen LogP contribution in [0.5, 0.6) is 0 Å². The van der Waals surface area contributed by atoms with Gasteiger partial charge in [0.25, 0.3) is 0 Å². The molecule has 248 valence electrons. The Morgan fingerprint density at radius 1 is 0.833 bits per heavy atom. The van der Waals surface area contributed by atoms with Crippen molar-refractivity contribution in [3.63, 3.8) is 0 Å². The Bertz CT molecular complexity index is 688. The van der Waals surface area contributed by atoms with E-state index in [2.05, 4.69) is 50.2 Å². The summed E-state index contributed by atoms with van der Waals surface area (Å²) in [6.07, 6.45) is 20.6. The zero-order valence-corrected chi connectivity index (χ0v) is 29.2. The Hall–Kier alpha value is -1.89. The van der Waals surface area contributed by atoms with Crippen LogP contribution in [-0.2, 0) is 14.4 Å². The number of unbranched alkanes of at least 4 members (excludes halogenated alkanes) is 9. The van der Waals surface area contributed by atoms with Gasteiger partial charge in [-0.3, -0.25) is 14.4 Å². The molecule has 42 heavy (non-hydrogen) atoms. The van der Waals surface area contributed by atoms with Gasteiger partial charge in [-0.15, -0.1) is 0 Å². The first-order chi connectivity index (χ1) is 20.1. The van der Waals surface area contributed by atoms with Gasteiger partial charge in [-0.2, -0.15) is 0 Å². The van der Waals surface area contributed by atoms with Gasteiger partial charge in [0.15, 0.2) is 0 Å². The maximum Gasteiger partial charge on any atom is 0.246 e. The molecule has 0 bridgehead atoms. The van der Waals surface area contributed by atoms with Gasteiger partial charge in [0, 0.05) is 25.2 Å². The van der Waals surface area contributed by atoms with E-state index in [-0.39, 0.29) is 30.3 Å². The van der Waals surface area contributed by atoms with Crippen molar-refractivity contribution < 1.29 is 14.4 Å². The lowest BCUT2D eigenvalue weighted by Crippen LogP contribution is -2.43. The van der Waals surface area contributed by atoms with Crippen LogP contribution < -0.4 is 10.6 Å². The van der Waals surface area contributed by atoms with Gasteiger partial charge < -0.3 is 20.4 Å². The second kappa shape index (κ2) is 29.2. The number of hydrogen-bond acceptors (Lipinski definition) is 4. The highest BCUT2D eigenvalue weighted by atomic mass is 16.2. The molecule has 7 nitrogen and oxygen atoms in total. The van der Waals surface area contributed by atoms with Gasteiger partial charge in [0.1, 0.15) is 0 Å². The van der Waals surface area contributed by atoms with Crippen LogP contribution in [0.15, 0.2) is 11.6 Å². The first-order valence-corrected chi connectivity index (χ1v) is 17.2. The quantitative estimate of drug-likeness (QED) is 0.0922. The zero-order valence-electron chi connectivity index (χ0n) is 29.2. The molecule has 1 aliphatic heterocycles. The summed E-state index contributed by atoms with van der Waals surface area (Å²) in [6.45, 7) is 20.2. The van der Waals surface area contributed by atoms with Crippen molar-refractivity contribution in [2.24, 2.45) is 5.92 Å². The van der Waals surface area contributed by atoms with Crippen LogP contribution in [0.1, 0.15) is 145 Å². The first kappa shape index (κ1) is 42.2. The number of likely N-dealkylation sites (tertiary alicyclic amines) is 1. The summed E-state index contributed by atoms with van der Waals surface area (Å²) in [7, 11) is 1.70. The lowest BCUT2D eigenvalue weighted by molar-refractivity contribution is -0.132. The minimum Gasteiger partial charge on any atom is -0.352 e. The van der Waals surface area contributed by atoms with Crippen LogP contribution in [0.25, 0.3) is 0 Å². The highest BCUT2D eigenvalue weighted by Gasteiger charge is 2.22. The van der Waals surface area contributed by atoms with Gasteiger partial charge in [-0.25, -0.2) is 0 Å². The van der Waals surface area contributed by atoms with Crippen LogP contribution in [0, 0.1) is 5.92 Å². The summed E-state index contributed by atoms with van der Waals surface area (Å²) in [5.74, 6) is -0.112. The monoisotopic (exact) mass is 595 g/mol. The third-order valence-corrected chi connectivity index (χ3v) is 7.58. The number of likely N-dealkylation sites (N-methyl/N-ethyl adjacent to an activating group) is 1. The maximum absolute atomic E-state index is 12.4. The highest BCUT2D eigenvalue weighted by molar-refractivity contribution is 5.93. The van der Waals surface area contributed by atoms with Crippen LogP contribution in [0.3, 0.4) is 0 Å². The van der Waals surface area contributed by atoms with Crippen molar-refractivity contribution in [3.8, 4) is 0 Å². The molecule has 1 aliphatic rings. The standard InChI is InChI=1S/C24H45N3O3.C8H17N.C3H8/c1-6-7-8-9-10-11-12-13-14-15-16-26-24(30)21(4)17-22(20(2)3)27(5)23(29)18-25-19-28;1-8(2)9-6-4-3-5-7-9;1-3-2/h17,19-20,22H,6-16,18H2,1-5H3,(H,25,28)(H,26,30);8H,3-7H2,1-2H3;3H2,1-2H3/b21-17+;;/t22-;;/m1../s1. The van der Waals surface area contributed by atoms with E-state index in [0.717, 1.165) is 18.9 Å². The van der Waals surface area contributed by atoms with Gasteiger partial charge >= 0.3 is 0 Å². The smallest absolute Gasteiger partial charge is 0.246 e. The minimum atomic E-state index is -0.200. The number of carbonyl (C=O) groups is 3. The van der Waals surface area contributed by atoms with Crippen molar-refractivity contribution in [3.05, 3.63) is 11.6 Å². The molecule has 1 saturated heterocycles. The fraction of sp³-hybridized carbons (Fsp3) is 0.857. The summed E-state index contributed by atoms with van der Waals surface area (Å²) >= 11 is 0. The summed E-state index contributed by atoms with van der Waals surface area (Å²) in [5.41, 5.74) is 0.615. The fourth-order valence-corrected chi connectivity index (χ4v) is 4.89. The summed E-state index contributed by atoms with van der Waals surface area (Å²) in [6, 6.07) is 0.569. The van der Waals surface area contributed by atoms with Crippen LogP contribution in [-0.4, -0.2) is 73.3 Å². The molecule has 3 amide bonds. The Morgan fingerprint density at radius 2 is 1.33 bits per heavy atom. The Labute approximate surface area is 261 Å². The maximum atomic E-state index is 12.4. The van der Waals surface area contributed by atoms with Crippen molar-refractivity contribution in [1.29, 1.82) is 0 Å². The fourth-order valence-electron chi connectivity index (χ4n) is 4.89. The van der Waals surface area contributed by atoms with E-state index in [1.807, 2.05) is 19.9 Å². The number of rotatable bonds is 19. The molecule has 0 saturated carbocycles. The van der Waals surface area contributed by atoms with Gasteiger partial charge in [-0.1, -0.05) is 111 Å². The van der Waals surface area contributed by atoms with E-state index in [9.17, 15) is 14.4 Å². The minimum absolute atomic E-state index is 0.0406. The second-order valence-corrected chi connectivity index (χ2v) is 12.4. The molecule has 0 spiro atoms. The molecule has 1 fully saturated rings. The number of carbonyl (C=O) groups excluding carboxylic acids is 3. The third-order valence-electron chi connectivity index (χ3n) is 7.58. The van der Waals surface area contributed by atoms with Crippen LogP contribution in [0.2, 0.25) is 0 Å². The van der Waals surface area contributed by atoms with Gasteiger partial charge in [0.2, 0.25) is 18.2 Å². The molecular weight excluding hydrogens is 524 g/mol. The molecule has 1 atom stereocenters. The van der Waals surface area contributed by atoms with E-state index in [0.29, 0.717) is 18.5 Å². The SMILES string of the molecule is CC(C)N1CCCCC1.CCC.CCCCCCCCCCCCNC(=O)/C(C)=C/[C@H](C(C)C)N(C)C(=O)CNC=O. The number of piperidine rings is 1. The molecule has 0 aliphatic carbocycles. The van der Waals surface area contributed by atoms with E-state index < -0.39 is 0 Å². The molecule has 7 heteroatoms. The van der Waals surface area contributed by atoms with Crippen molar-refractivity contribution in [2.45, 2.75) is 157 Å².